The van der Waals surface area contributed by atoms with Crippen molar-refractivity contribution in [1.82, 2.24) is 5.32 Å². The molecule has 0 aromatic heterocycles. The molecule has 0 saturated carbocycles. The number of aliphatic carboxylic acids is 1. The largest absolute Gasteiger partial charge is 0.479 e. The number of rotatable bonds is 3. The van der Waals surface area contributed by atoms with Crippen molar-refractivity contribution >= 4 is 33.6 Å². The third kappa shape index (κ3) is 3.10. The standard InChI is InChI=1S/C13H15BrN2O4/c1-8-2-3-9(6-10(8)14)15-12(19)16-13(11(17)18)4-5-20-7-13/h2-3,6H,4-5,7H2,1H3,(H,17,18)(H2,15,16,19). The topological polar surface area (TPSA) is 87.7 Å². The summed E-state index contributed by atoms with van der Waals surface area (Å²) in [5, 5.41) is 14.3. The summed E-state index contributed by atoms with van der Waals surface area (Å²) < 4.78 is 5.94. The van der Waals surface area contributed by atoms with E-state index in [0.717, 1.165) is 10.0 Å². The Kier molecular flexibility index (Phi) is 4.29. The maximum atomic E-state index is 11.9. The predicted molar refractivity (Wildman–Crippen MR) is 76.8 cm³/mol. The van der Waals surface area contributed by atoms with E-state index in [9.17, 15) is 14.7 Å². The molecule has 1 atom stereocenters. The number of aryl methyl sites for hydroxylation is 1. The van der Waals surface area contributed by atoms with Crippen molar-refractivity contribution in [2.24, 2.45) is 0 Å². The molecule has 7 heteroatoms. The lowest BCUT2D eigenvalue weighted by Crippen LogP contribution is -2.56. The van der Waals surface area contributed by atoms with Crippen molar-refractivity contribution in [2.45, 2.75) is 18.9 Å². The number of carbonyl (C=O) groups excluding carboxylic acids is 1. The van der Waals surface area contributed by atoms with E-state index in [1.165, 1.54) is 0 Å². The molecule has 108 valence electrons. The minimum atomic E-state index is -1.34. The normalized spacial score (nSPS) is 21.5. The van der Waals surface area contributed by atoms with E-state index in [1.807, 2.05) is 13.0 Å². The van der Waals surface area contributed by atoms with Crippen LogP contribution in [0.3, 0.4) is 0 Å². The first kappa shape index (κ1) is 14.8. The van der Waals surface area contributed by atoms with Gasteiger partial charge in [-0.15, -0.1) is 0 Å². The van der Waals surface area contributed by atoms with Gasteiger partial charge in [0.1, 0.15) is 0 Å². The van der Waals surface area contributed by atoms with Crippen LogP contribution in [0.15, 0.2) is 22.7 Å². The SMILES string of the molecule is Cc1ccc(NC(=O)NC2(C(=O)O)CCOC2)cc1Br. The Balaban J connectivity index is 2.04. The minimum Gasteiger partial charge on any atom is -0.479 e. The smallest absolute Gasteiger partial charge is 0.332 e. The minimum absolute atomic E-state index is 0.0205. The number of carboxylic acid groups (broad SMARTS) is 1. The second-order valence-corrected chi connectivity index (χ2v) is 5.59. The Morgan fingerprint density at radius 3 is 2.75 bits per heavy atom. The van der Waals surface area contributed by atoms with Crippen molar-refractivity contribution in [2.75, 3.05) is 18.5 Å². The van der Waals surface area contributed by atoms with Crippen molar-refractivity contribution in [3.63, 3.8) is 0 Å². The highest BCUT2D eigenvalue weighted by molar-refractivity contribution is 9.10. The van der Waals surface area contributed by atoms with Crippen LogP contribution in [0.5, 0.6) is 0 Å². The highest BCUT2D eigenvalue weighted by atomic mass is 79.9. The van der Waals surface area contributed by atoms with Crippen LogP contribution >= 0.6 is 15.9 Å². The van der Waals surface area contributed by atoms with E-state index in [0.29, 0.717) is 12.3 Å². The first-order chi connectivity index (χ1) is 9.43. The van der Waals surface area contributed by atoms with Gasteiger partial charge in [0.15, 0.2) is 5.54 Å². The summed E-state index contributed by atoms with van der Waals surface area (Å²) in [5.74, 6) is -1.09. The van der Waals surface area contributed by atoms with Crippen molar-refractivity contribution in [3.8, 4) is 0 Å². The molecule has 0 aliphatic carbocycles. The summed E-state index contributed by atoms with van der Waals surface area (Å²) in [6.07, 6.45) is 0.257. The van der Waals surface area contributed by atoms with Gasteiger partial charge in [-0.05, 0) is 24.6 Å². The molecule has 1 aliphatic rings. The van der Waals surface area contributed by atoms with E-state index in [1.54, 1.807) is 12.1 Å². The number of hydrogen-bond donors (Lipinski definition) is 3. The summed E-state index contributed by atoms with van der Waals surface area (Å²) >= 11 is 3.37. The maximum Gasteiger partial charge on any atom is 0.332 e. The van der Waals surface area contributed by atoms with Gasteiger partial charge in [0, 0.05) is 23.2 Å². The molecule has 1 heterocycles. The second-order valence-electron chi connectivity index (χ2n) is 4.73. The van der Waals surface area contributed by atoms with Crippen LogP contribution in [0.4, 0.5) is 10.5 Å². The zero-order valence-electron chi connectivity index (χ0n) is 10.9. The zero-order chi connectivity index (χ0) is 14.8. The quantitative estimate of drug-likeness (QED) is 0.785. The molecule has 6 nitrogen and oxygen atoms in total. The van der Waals surface area contributed by atoms with Crippen LogP contribution in [0, 0.1) is 6.92 Å². The number of amides is 2. The molecule has 1 unspecified atom stereocenters. The molecule has 1 fully saturated rings. The fourth-order valence-electron chi connectivity index (χ4n) is 1.94. The number of benzene rings is 1. The number of anilines is 1. The summed E-state index contributed by atoms with van der Waals surface area (Å²) in [6.45, 7) is 2.24. The average Bonchev–Trinajstić information content (AvgIpc) is 2.83. The van der Waals surface area contributed by atoms with Gasteiger partial charge in [-0.3, -0.25) is 0 Å². The van der Waals surface area contributed by atoms with Gasteiger partial charge in [0.05, 0.1) is 6.61 Å². The number of hydrogen-bond acceptors (Lipinski definition) is 3. The zero-order valence-corrected chi connectivity index (χ0v) is 12.5. The molecule has 20 heavy (non-hydrogen) atoms. The van der Waals surface area contributed by atoms with Crippen molar-refractivity contribution in [3.05, 3.63) is 28.2 Å². The van der Waals surface area contributed by atoms with Gasteiger partial charge in [-0.2, -0.15) is 0 Å². The first-order valence-electron chi connectivity index (χ1n) is 6.09. The average molecular weight is 343 g/mol. The Labute approximate surface area is 124 Å². The Hall–Kier alpha value is -1.60. The lowest BCUT2D eigenvalue weighted by Gasteiger charge is -2.23. The summed E-state index contributed by atoms with van der Waals surface area (Å²) in [6, 6.07) is 4.80. The number of ether oxygens (including phenoxy) is 1. The molecule has 1 aromatic carbocycles. The maximum absolute atomic E-state index is 11.9. The van der Waals surface area contributed by atoms with E-state index in [-0.39, 0.29) is 13.0 Å². The first-order valence-corrected chi connectivity index (χ1v) is 6.89. The van der Waals surface area contributed by atoms with Crippen molar-refractivity contribution in [1.29, 1.82) is 0 Å². The molecule has 1 aliphatic heterocycles. The third-order valence-corrected chi connectivity index (χ3v) is 4.07. The highest BCUT2D eigenvalue weighted by Gasteiger charge is 2.44. The fraction of sp³-hybridized carbons (Fsp3) is 0.385. The summed E-state index contributed by atoms with van der Waals surface area (Å²) in [4.78, 5) is 23.2. The molecule has 1 saturated heterocycles. The molecule has 2 rings (SSSR count). The lowest BCUT2D eigenvalue weighted by molar-refractivity contribution is -0.144. The molecule has 1 aromatic rings. The predicted octanol–water partition coefficient (Wildman–Crippen LogP) is 2.12. The van der Waals surface area contributed by atoms with Gasteiger partial charge in [0.25, 0.3) is 0 Å². The van der Waals surface area contributed by atoms with Crippen LogP contribution in [0.25, 0.3) is 0 Å². The van der Waals surface area contributed by atoms with Gasteiger partial charge >= 0.3 is 12.0 Å². The summed E-state index contributed by atoms with van der Waals surface area (Å²) in [5.41, 5.74) is 0.285. The van der Waals surface area contributed by atoms with E-state index >= 15 is 0 Å². The molecular weight excluding hydrogens is 328 g/mol. The molecule has 0 spiro atoms. The molecule has 0 bridgehead atoms. The Bertz CT molecular complexity index is 541. The van der Waals surface area contributed by atoms with Crippen LogP contribution in [0.1, 0.15) is 12.0 Å². The second kappa shape index (κ2) is 5.80. The lowest BCUT2D eigenvalue weighted by atomic mass is 9.99. The summed E-state index contributed by atoms with van der Waals surface area (Å²) in [7, 11) is 0. The number of urea groups is 1. The highest BCUT2D eigenvalue weighted by Crippen LogP contribution is 2.22. The number of carbonyl (C=O) groups is 2. The Morgan fingerprint density at radius 2 is 2.20 bits per heavy atom. The van der Waals surface area contributed by atoms with Crippen LogP contribution < -0.4 is 10.6 Å². The number of nitrogens with one attached hydrogen (secondary N) is 2. The molecule has 3 N–H and O–H groups in total. The molecular formula is C13H15BrN2O4. The van der Waals surface area contributed by atoms with Crippen LogP contribution in [-0.2, 0) is 9.53 Å². The van der Waals surface area contributed by atoms with Gasteiger partial charge < -0.3 is 20.5 Å². The van der Waals surface area contributed by atoms with E-state index < -0.39 is 17.5 Å². The Morgan fingerprint density at radius 1 is 1.45 bits per heavy atom. The third-order valence-electron chi connectivity index (χ3n) is 3.21. The van der Waals surface area contributed by atoms with Crippen molar-refractivity contribution < 1.29 is 19.4 Å². The van der Waals surface area contributed by atoms with Crippen LogP contribution in [-0.4, -0.2) is 35.9 Å². The molecule has 0 radical (unpaired) electrons. The van der Waals surface area contributed by atoms with E-state index in [2.05, 4.69) is 26.6 Å². The van der Waals surface area contributed by atoms with E-state index in [4.69, 9.17) is 4.74 Å². The fourth-order valence-corrected chi connectivity index (χ4v) is 2.31. The van der Waals surface area contributed by atoms with Gasteiger partial charge in [-0.1, -0.05) is 22.0 Å². The number of carboxylic acids is 1. The van der Waals surface area contributed by atoms with Gasteiger partial charge in [0.2, 0.25) is 0 Å². The van der Waals surface area contributed by atoms with Crippen LogP contribution in [0.2, 0.25) is 0 Å². The molecule has 2 amide bonds. The monoisotopic (exact) mass is 342 g/mol. The number of halogens is 1. The van der Waals surface area contributed by atoms with Gasteiger partial charge in [-0.25, -0.2) is 9.59 Å².